The lowest BCUT2D eigenvalue weighted by atomic mass is 9.49. The van der Waals surface area contributed by atoms with Crippen molar-refractivity contribution in [3.8, 4) is 11.8 Å². The first-order valence-corrected chi connectivity index (χ1v) is 14.0. The van der Waals surface area contributed by atoms with Crippen LogP contribution in [-0.2, 0) is 0 Å². The van der Waals surface area contributed by atoms with Crippen LogP contribution < -0.4 is 20.3 Å². The van der Waals surface area contributed by atoms with Gasteiger partial charge in [-0.25, -0.2) is 0 Å². The van der Waals surface area contributed by atoms with Gasteiger partial charge in [0.1, 0.15) is 17.9 Å². The smallest absolute Gasteiger partial charge is 0.251 e. The predicted octanol–water partition coefficient (Wildman–Crippen LogP) is 4.31. The number of piperazine rings is 1. The lowest BCUT2D eigenvalue weighted by molar-refractivity contribution is -0.164. The molecule has 1 saturated carbocycles. The normalized spacial score (nSPS) is 26.3. The van der Waals surface area contributed by atoms with Crippen LogP contribution in [0.15, 0.2) is 42.5 Å². The lowest BCUT2D eigenvalue weighted by Crippen LogP contribution is -2.74. The summed E-state index contributed by atoms with van der Waals surface area (Å²) in [4.78, 5) is 18.3. The first-order chi connectivity index (χ1) is 18.1. The van der Waals surface area contributed by atoms with E-state index in [0.717, 1.165) is 39.3 Å². The summed E-state index contributed by atoms with van der Waals surface area (Å²) in [7, 11) is 0. The summed E-state index contributed by atoms with van der Waals surface area (Å²) in [5.41, 5.74) is 1.67. The zero-order valence-corrected chi connectivity index (χ0v) is 23.5. The fourth-order valence-electron chi connectivity index (χ4n) is 6.96. The minimum Gasteiger partial charge on any atom is -0.489 e. The van der Waals surface area contributed by atoms with E-state index in [1.165, 1.54) is 12.1 Å². The summed E-state index contributed by atoms with van der Waals surface area (Å²) in [5, 5.41) is 16.2. The largest absolute Gasteiger partial charge is 0.489 e. The second kappa shape index (κ2) is 10.4. The van der Waals surface area contributed by atoms with E-state index in [1.54, 1.807) is 18.2 Å². The fourth-order valence-corrected chi connectivity index (χ4v) is 7.17. The molecule has 2 saturated heterocycles. The zero-order chi connectivity index (χ0) is 27.1. The molecule has 0 unspecified atom stereocenters. The Labute approximate surface area is 231 Å². The number of rotatable bonds is 6. The van der Waals surface area contributed by atoms with Gasteiger partial charge in [-0.2, -0.15) is 5.26 Å². The Kier molecular flexibility index (Phi) is 7.34. The van der Waals surface area contributed by atoms with Crippen LogP contribution in [-0.4, -0.2) is 68.3 Å². The molecule has 0 aromatic heterocycles. The molecule has 1 amide bonds. The highest BCUT2D eigenvalue weighted by Crippen LogP contribution is 2.55. The maximum absolute atomic E-state index is 13.3. The highest BCUT2D eigenvalue weighted by Gasteiger charge is 2.64. The van der Waals surface area contributed by atoms with E-state index in [9.17, 15) is 4.79 Å². The van der Waals surface area contributed by atoms with Crippen molar-refractivity contribution in [2.45, 2.75) is 52.3 Å². The SMILES string of the molecule is CC1(C)[C@H](NC(=O)c2ccc(N3CC[C@@H](N4CCNCC4)C3)cc2)C(C)(C)[C@H]1Oc1ccc(C#N)c(Cl)c1. The average Bonchev–Trinajstić information content (AvgIpc) is 3.41. The average molecular weight is 536 g/mol. The molecule has 3 aliphatic rings. The third-order valence-corrected chi connectivity index (χ3v) is 9.07. The van der Waals surface area contributed by atoms with Gasteiger partial charge >= 0.3 is 0 Å². The van der Waals surface area contributed by atoms with Crippen LogP contribution >= 0.6 is 11.6 Å². The Balaban J connectivity index is 1.20. The van der Waals surface area contributed by atoms with Gasteiger partial charge < -0.3 is 20.3 Å². The highest BCUT2D eigenvalue weighted by atomic mass is 35.5. The standard InChI is InChI=1S/C30H38ClN5O2/c1-29(2)27(30(3,4)28(29)38-24-10-7-21(18-32)25(31)17-24)34-26(37)20-5-8-22(9-6-20)36-14-11-23(19-36)35-15-12-33-13-16-35/h5-10,17,23,27-28,33H,11-16,19H2,1-4H3,(H,34,37)/t23-,27-,28-/m1/s1. The molecule has 2 N–H and O–H groups in total. The Morgan fingerprint density at radius 1 is 1.08 bits per heavy atom. The maximum Gasteiger partial charge on any atom is 0.251 e. The second-order valence-corrected chi connectivity index (χ2v) is 12.4. The van der Waals surface area contributed by atoms with Gasteiger partial charge in [0.15, 0.2) is 0 Å². The summed E-state index contributed by atoms with van der Waals surface area (Å²) in [6.45, 7) is 15.0. The van der Waals surface area contributed by atoms with Gasteiger partial charge in [0.2, 0.25) is 0 Å². The van der Waals surface area contributed by atoms with Gasteiger partial charge in [0.25, 0.3) is 5.91 Å². The van der Waals surface area contributed by atoms with Crippen LogP contribution in [0.3, 0.4) is 0 Å². The number of hydrogen-bond acceptors (Lipinski definition) is 6. The third kappa shape index (κ3) is 4.98. The molecule has 1 atom stereocenters. The van der Waals surface area contributed by atoms with Gasteiger partial charge in [0, 0.05) is 79.5 Å². The Morgan fingerprint density at radius 3 is 2.39 bits per heavy atom. The minimum absolute atomic E-state index is 0.0670. The van der Waals surface area contributed by atoms with Crippen molar-refractivity contribution < 1.29 is 9.53 Å². The minimum atomic E-state index is -0.298. The number of amides is 1. The molecule has 3 fully saturated rings. The Bertz CT molecular complexity index is 1200. The van der Waals surface area contributed by atoms with E-state index in [4.69, 9.17) is 21.6 Å². The molecular weight excluding hydrogens is 498 g/mol. The summed E-state index contributed by atoms with van der Waals surface area (Å²) in [5.74, 6) is 0.560. The molecule has 1 aliphatic carbocycles. The Hall–Kier alpha value is -2.79. The maximum atomic E-state index is 13.3. The van der Waals surface area contributed by atoms with Crippen molar-refractivity contribution in [3.63, 3.8) is 0 Å². The van der Waals surface area contributed by atoms with Crippen molar-refractivity contribution in [2.24, 2.45) is 10.8 Å². The first-order valence-electron chi connectivity index (χ1n) is 13.6. The quantitative estimate of drug-likeness (QED) is 0.574. The van der Waals surface area contributed by atoms with Crippen molar-refractivity contribution in [2.75, 3.05) is 44.2 Å². The topological polar surface area (TPSA) is 80.6 Å². The monoisotopic (exact) mass is 535 g/mol. The van der Waals surface area contributed by atoms with E-state index in [2.05, 4.69) is 66.3 Å². The van der Waals surface area contributed by atoms with Crippen LogP contribution in [0.2, 0.25) is 5.02 Å². The molecule has 0 bridgehead atoms. The first kappa shape index (κ1) is 26.8. The molecule has 2 aliphatic heterocycles. The molecule has 0 radical (unpaired) electrons. The van der Waals surface area contributed by atoms with Crippen LogP contribution in [0.1, 0.15) is 50.0 Å². The van der Waals surface area contributed by atoms with Gasteiger partial charge in [-0.1, -0.05) is 39.3 Å². The van der Waals surface area contributed by atoms with Crippen molar-refractivity contribution in [1.82, 2.24) is 15.5 Å². The summed E-state index contributed by atoms with van der Waals surface area (Å²) in [6, 6.07) is 15.8. The van der Waals surface area contributed by atoms with E-state index in [-0.39, 0.29) is 28.9 Å². The summed E-state index contributed by atoms with van der Waals surface area (Å²) in [6.07, 6.45) is 1.05. The zero-order valence-electron chi connectivity index (χ0n) is 22.8. The van der Waals surface area contributed by atoms with E-state index in [1.807, 2.05) is 12.1 Å². The number of benzene rings is 2. The molecule has 5 rings (SSSR count). The molecule has 2 aromatic carbocycles. The summed E-state index contributed by atoms with van der Waals surface area (Å²) >= 11 is 6.21. The number of hydrogen-bond donors (Lipinski definition) is 2. The third-order valence-electron chi connectivity index (χ3n) is 8.76. The summed E-state index contributed by atoms with van der Waals surface area (Å²) < 4.78 is 6.35. The van der Waals surface area contributed by atoms with Gasteiger partial charge in [-0.05, 0) is 42.8 Å². The van der Waals surface area contributed by atoms with E-state index in [0.29, 0.717) is 27.9 Å². The highest BCUT2D eigenvalue weighted by molar-refractivity contribution is 6.31. The number of carbonyl (C=O) groups excluding carboxylic acids is 1. The fraction of sp³-hybridized carbons (Fsp3) is 0.533. The van der Waals surface area contributed by atoms with Crippen LogP contribution in [0, 0.1) is 22.2 Å². The molecule has 2 heterocycles. The number of ether oxygens (including phenoxy) is 1. The van der Waals surface area contributed by atoms with Crippen molar-refractivity contribution in [1.29, 1.82) is 5.26 Å². The molecule has 202 valence electrons. The number of anilines is 1. The van der Waals surface area contributed by atoms with Gasteiger partial charge in [-0.15, -0.1) is 0 Å². The Morgan fingerprint density at radius 2 is 1.76 bits per heavy atom. The van der Waals surface area contributed by atoms with Gasteiger partial charge in [0.05, 0.1) is 10.6 Å². The van der Waals surface area contributed by atoms with E-state index >= 15 is 0 Å². The molecule has 38 heavy (non-hydrogen) atoms. The van der Waals surface area contributed by atoms with Gasteiger partial charge in [-0.3, -0.25) is 9.69 Å². The molecule has 7 nitrogen and oxygen atoms in total. The number of nitrogens with one attached hydrogen (secondary N) is 2. The number of nitrogens with zero attached hydrogens (tertiary/aromatic N) is 3. The van der Waals surface area contributed by atoms with Crippen molar-refractivity contribution in [3.05, 3.63) is 58.6 Å². The molecule has 2 aromatic rings. The van der Waals surface area contributed by atoms with Crippen molar-refractivity contribution >= 4 is 23.2 Å². The molecule has 0 spiro atoms. The van der Waals surface area contributed by atoms with E-state index < -0.39 is 0 Å². The number of halogens is 1. The molecular formula is C30H38ClN5O2. The van der Waals surface area contributed by atoms with Crippen LogP contribution in [0.5, 0.6) is 5.75 Å². The molecule has 8 heteroatoms. The van der Waals surface area contributed by atoms with Crippen LogP contribution in [0.25, 0.3) is 0 Å². The van der Waals surface area contributed by atoms with Crippen LogP contribution in [0.4, 0.5) is 5.69 Å². The number of carbonyl (C=O) groups is 1. The second-order valence-electron chi connectivity index (χ2n) is 12.0. The predicted molar refractivity (Wildman–Crippen MR) is 151 cm³/mol. The number of nitriles is 1. The lowest BCUT2D eigenvalue weighted by Gasteiger charge is -2.63.